The summed E-state index contributed by atoms with van der Waals surface area (Å²) in [6.07, 6.45) is -16.5. The maximum atomic E-state index is 13.0. The van der Waals surface area contributed by atoms with Crippen molar-refractivity contribution in [1.29, 1.82) is 0 Å². The van der Waals surface area contributed by atoms with Crippen LogP contribution in [0.2, 0.25) is 0 Å². The molecule has 256 valence electrons. The maximum absolute atomic E-state index is 13.0. The first-order valence-corrected chi connectivity index (χ1v) is 14.3. The molecule has 0 aliphatic carbocycles. The van der Waals surface area contributed by atoms with E-state index in [4.69, 9.17) is 32.8 Å². The van der Waals surface area contributed by atoms with Crippen LogP contribution in [0, 0.1) is 0 Å². The van der Waals surface area contributed by atoms with Gasteiger partial charge >= 0.3 is 5.97 Å². The molecular weight excluding hydrogens is 632 g/mol. The van der Waals surface area contributed by atoms with E-state index in [1.54, 1.807) is 0 Å². The van der Waals surface area contributed by atoms with Gasteiger partial charge in [0.25, 0.3) is 0 Å². The quantitative estimate of drug-likeness (QED) is 0.108. The molecule has 0 bridgehead atoms. The third-order valence-electron chi connectivity index (χ3n) is 7.83. The normalized spacial score (nSPS) is 31.0. The summed E-state index contributed by atoms with van der Waals surface area (Å²) < 4.78 is 38.4. The van der Waals surface area contributed by atoms with Gasteiger partial charge < -0.3 is 73.7 Å². The summed E-state index contributed by atoms with van der Waals surface area (Å²) in [5, 5.41) is 84.0. The van der Waals surface area contributed by atoms with E-state index in [1.165, 1.54) is 32.2 Å². The monoisotopic (exact) mass is 666 g/mol. The van der Waals surface area contributed by atoms with Crippen molar-refractivity contribution in [3.63, 3.8) is 0 Å². The zero-order valence-electron chi connectivity index (χ0n) is 25.1. The number of methoxy groups -OCH3 is 1. The largest absolute Gasteiger partial charge is 0.504 e. The van der Waals surface area contributed by atoms with E-state index in [0.717, 1.165) is 19.1 Å². The third-order valence-corrected chi connectivity index (χ3v) is 7.83. The zero-order valence-corrected chi connectivity index (χ0v) is 25.1. The Morgan fingerprint density at radius 2 is 1.57 bits per heavy atom. The second-order valence-corrected chi connectivity index (χ2v) is 11.0. The number of fused-ring (bicyclic) bond motifs is 1. The zero-order chi connectivity index (χ0) is 34.3. The molecule has 5 rings (SSSR count). The number of carbonyl (C=O) groups excluding carboxylic acids is 1. The van der Waals surface area contributed by atoms with E-state index in [2.05, 4.69) is 0 Å². The molecular formula is C30H34O17. The molecule has 10 unspecified atom stereocenters. The predicted molar refractivity (Wildman–Crippen MR) is 155 cm³/mol. The Hall–Kier alpha value is -4.20. The van der Waals surface area contributed by atoms with E-state index >= 15 is 0 Å². The van der Waals surface area contributed by atoms with Crippen LogP contribution in [0.15, 0.2) is 39.5 Å². The van der Waals surface area contributed by atoms with E-state index < -0.39 is 102 Å². The summed E-state index contributed by atoms with van der Waals surface area (Å²) in [7, 11) is 1.35. The molecule has 3 heterocycles. The summed E-state index contributed by atoms with van der Waals surface area (Å²) in [6, 6.07) is 6.24. The molecule has 0 radical (unpaired) electrons. The highest BCUT2D eigenvalue weighted by atomic mass is 16.8. The molecule has 3 aromatic rings. The summed E-state index contributed by atoms with van der Waals surface area (Å²) in [5.41, 5.74) is -0.820. The van der Waals surface area contributed by atoms with Gasteiger partial charge in [0.1, 0.15) is 60.0 Å². The highest BCUT2D eigenvalue weighted by Gasteiger charge is 2.51. The number of phenolic OH excluding ortho intramolecular Hbond substituents is 3. The van der Waals surface area contributed by atoms with Crippen molar-refractivity contribution in [1.82, 2.24) is 0 Å². The van der Waals surface area contributed by atoms with Crippen molar-refractivity contribution < 1.29 is 78.5 Å². The van der Waals surface area contributed by atoms with Crippen LogP contribution in [0.3, 0.4) is 0 Å². The summed E-state index contributed by atoms with van der Waals surface area (Å²) >= 11 is 0. The van der Waals surface area contributed by atoms with Crippen LogP contribution in [0.5, 0.6) is 28.7 Å². The van der Waals surface area contributed by atoms with Gasteiger partial charge in [-0.15, -0.1) is 0 Å². The van der Waals surface area contributed by atoms with Gasteiger partial charge in [0.2, 0.25) is 12.0 Å². The maximum Gasteiger partial charge on any atom is 0.302 e. The minimum atomic E-state index is -1.90. The average molecular weight is 667 g/mol. The molecule has 1 aromatic heterocycles. The number of hydrogen-bond acceptors (Lipinski definition) is 17. The molecule has 2 fully saturated rings. The molecule has 2 aliphatic rings. The lowest BCUT2D eigenvalue weighted by molar-refractivity contribution is -0.354. The van der Waals surface area contributed by atoms with Crippen LogP contribution in [0.25, 0.3) is 22.3 Å². The lowest BCUT2D eigenvalue weighted by atomic mass is 9.97. The molecule has 10 atom stereocenters. The molecule has 17 heteroatoms. The number of ether oxygens (including phenoxy) is 6. The Kier molecular flexibility index (Phi) is 9.81. The Labute approximate surface area is 265 Å². The number of benzene rings is 2. The van der Waals surface area contributed by atoms with Gasteiger partial charge in [-0.25, -0.2) is 0 Å². The van der Waals surface area contributed by atoms with Crippen LogP contribution in [0.4, 0.5) is 0 Å². The fourth-order valence-electron chi connectivity index (χ4n) is 5.23. The molecule has 0 saturated carbocycles. The van der Waals surface area contributed by atoms with Crippen molar-refractivity contribution in [3.05, 3.63) is 40.6 Å². The SMILES string of the molecule is COc1ccc(-c2cc(=O)c3c(O)c(O)c(OC4OC(COC(C)=O)C(O)C(O)C4OC4OC(C)C(O)C(O)C4O)cc3o2)cc1O. The minimum absolute atomic E-state index is 0.0510. The van der Waals surface area contributed by atoms with Crippen molar-refractivity contribution in [2.75, 3.05) is 13.7 Å². The van der Waals surface area contributed by atoms with E-state index in [1.807, 2.05) is 0 Å². The van der Waals surface area contributed by atoms with Crippen LogP contribution in [-0.4, -0.2) is 122 Å². The molecule has 47 heavy (non-hydrogen) atoms. The molecule has 0 amide bonds. The molecule has 2 saturated heterocycles. The Bertz CT molecular complexity index is 1670. The first-order valence-electron chi connectivity index (χ1n) is 14.3. The van der Waals surface area contributed by atoms with Crippen LogP contribution in [-0.2, 0) is 23.7 Å². The Morgan fingerprint density at radius 3 is 2.23 bits per heavy atom. The van der Waals surface area contributed by atoms with Gasteiger partial charge in [-0.3, -0.25) is 9.59 Å². The second kappa shape index (κ2) is 13.5. The average Bonchev–Trinajstić information content (AvgIpc) is 3.03. The van der Waals surface area contributed by atoms with Crippen LogP contribution >= 0.6 is 0 Å². The van der Waals surface area contributed by atoms with Gasteiger partial charge in [-0.2, -0.15) is 0 Å². The molecule has 8 N–H and O–H groups in total. The van der Waals surface area contributed by atoms with Gasteiger partial charge in [0, 0.05) is 24.6 Å². The summed E-state index contributed by atoms with van der Waals surface area (Å²) in [6.45, 7) is 1.92. The predicted octanol–water partition coefficient (Wildman–Crippen LogP) is -0.813. The lowest BCUT2D eigenvalue weighted by Crippen LogP contribution is -2.64. The van der Waals surface area contributed by atoms with Crippen molar-refractivity contribution in [3.8, 4) is 40.1 Å². The first-order chi connectivity index (χ1) is 22.2. The van der Waals surface area contributed by atoms with Crippen LogP contribution in [0.1, 0.15) is 13.8 Å². The lowest BCUT2D eigenvalue weighted by Gasteiger charge is -2.45. The minimum Gasteiger partial charge on any atom is -0.504 e. The summed E-state index contributed by atoms with van der Waals surface area (Å²) in [4.78, 5) is 24.4. The van der Waals surface area contributed by atoms with Gasteiger partial charge in [-0.1, -0.05) is 0 Å². The molecule has 2 aliphatic heterocycles. The first kappa shape index (κ1) is 34.1. The third kappa shape index (κ3) is 6.65. The number of rotatable bonds is 8. The number of phenols is 3. The summed E-state index contributed by atoms with van der Waals surface area (Å²) in [5.74, 6) is -3.36. The fourth-order valence-corrected chi connectivity index (χ4v) is 5.23. The highest BCUT2D eigenvalue weighted by molar-refractivity contribution is 5.89. The Morgan fingerprint density at radius 1 is 0.851 bits per heavy atom. The fraction of sp³-hybridized carbons (Fsp3) is 0.467. The molecule has 17 nitrogen and oxygen atoms in total. The number of carbonyl (C=O) groups is 1. The van der Waals surface area contributed by atoms with Gasteiger partial charge in [0.15, 0.2) is 40.8 Å². The topological polar surface area (TPSA) is 264 Å². The highest BCUT2D eigenvalue weighted by Crippen LogP contribution is 2.43. The number of aliphatic hydroxyl groups excluding tert-OH is 5. The number of esters is 1. The van der Waals surface area contributed by atoms with Crippen molar-refractivity contribution >= 4 is 16.9 Å². The molecule has 0 spiro atoms. The number of hydrogen-bond donors (Lipinski definition) is 8. The molecule has 2 aromatic carbocycles. The number of aromatic hydroxyl groups is 3. The van der Waals surface area contributed by atoms with Crippen molar-refractivity contribution in [2.24, 2.45) is 0 Å². The van der Waals surface area contributed by atoms with Crippen molar-refractivity contribution in [2.45, 2.75) is 75.3 Å². The van der Waals surface area contributed by atoms with E-state index in [-0.39, 0.29) is 28.4 Å². The van der Waals surface area contributed by atoms with E-state index in [0.29, 0.717) is 0 Å². The standard InChI is InChI=1S/C30H34O17/c1-10-21(34)25(38)27(40)29(43-10)47-28-26(39)23(36)19(9-42-11(2)31)46-30(28)45-18-8-17-20(24(37)22(18)35)14(33)7-16(44-17)12-4-5-15(41-3)13(32)6-12/h4-8,10,19,21,23,25-30,32,34-40H,9H2,1-3H3. The second-order valence-electron chi connectivity index (χ2n) is 11.0. The Balaban J connectivity index is 1.53. The van der Waals surface area contributed by atoms with Gasteiger partial charge in [0.05, 0.1) is 13.2 Å². The number of aliphatic hydroxyl groups is 5. The van der Waals surface area contributed by atoms with Gasteiger partial charge in [-0.05, 0) is 25.1 Å². The smallest absolute Gasteiger partial charge is 0.302 e. The van der Waals surface area contributed by atoms with Crippen LogP contribution < -0.4 is 14.9 Å². The van der Waals surface area contributed by atoms with E-state index in [9.17, 15) is 50.4 Å².